The molecule has 0 saturated carbocycles. The molecule has 176 valence electrons. The predicted molar refractivity (Wildman–Crippen MR) is 117 cm³/mol. The van der Waals surface area contributed by atoms with Gasteiger partial charge in [-0.05, 0) is 29.6 Å². The highest BCUT2D eigenvalue weighted by atomic mass is 35.5. The molecule has 8 nitrogen and oxygen atoms in total. The SMILES string of the molecule is CN1C(=O)[N@+](Cc2ccccc2Cl)(OC(=O)C(F)(F)F)c2c(N3CCCC(N)C3)ccnc21. The number of hydroxylamine groups is 2. The largest absolute Gasteiger partial charge is 0.497 e. The van der Waals surface area contributed by atoms with Crippen molar-refractivity contribution in [2.75, 3.05) is 29.9 Å². The number of urea groups is 1. The Morgan fingerprint density at radius 1 is 1.33 bits per heavy atom. The first-order valence-corrected chi connectivity index (χ1v) is 10.6. The summed E-state index contributed by atoms with van der Waals surface area (Å²) in [7, 11) is 1.37. The molecule has 1 aromatic heterocycles. The third kappa shape index (κ3) is 4.11. The number of hydrogen-bond acceptors (Lipinski definition) is 6. The van der Waals surface area contributed by atoms with E-state index in [9.17, 15) is 22.8 Å². The number of aromatic nitrogens is 1. The summed E-state index contributed by atoms with van der Waals surface area (Å²) in [5.41, 5.74) is 6.91. The van der Waals surface area contributed by atoms with E-state index in [4.69, 9.17) is 22.2 Å². The smallest absolute Gasteiger partial charge is 0.365 e. The van der Waals surface area contributed by atoms with Crippen LogP contribution in [0.5, 0.6) is 0 Å². The van der Waals surface area contributed by atoms with Crippen LogP contribution in [0.2, 0.25) is 5.02 Å². The maximum absolute atomic E-state index is 13.5. The Bertz CT molecular complexity index is 1100. The van der Waals surface area contributed by atoms with Crippen LogP contribution in [0.15, 0.2) is 36.5 Å². The molecule has 2 amide bonds. The van der Waals surface area contributed by atoms with E-state index in [1.54, 1.807) is 24.3 Å². The van der Waals surface area contributed by atoms with Gasteiger partial charge in [0, 0.05) is 43.0 Å². The van der Waals surface area contributed by atoms with Gasteiger partial charge in [-0.1, -0.05) is 29.8 Å². The van der Waals surface area contributed by atoms with Crippen LogP contribution in [0, 0.1) is 0 Å². The Morgan fingerprint density at radius 3 is 2.73 bits per heavy atom. The van der Waals surface area contributed by atoms with Gasteiger partial charge in [-0.3, -0.25) is 4.84 Å². The third-order valence-electron chi connectivity index (χ3n) is 5.78. The minimum atomic E-state index is -5.32. The number of nitrogens with zero attached hydrogens (tertiary/aromatic N) is 4. The topological polar surface area (TPSA) is 88.8 Å². The van der Waals surface area contributed by atoms with Crippen molar-refractivity contribution in [3.05, 3.63) is 47.1 Å². The molecule has 12 heteroatoms. The van der Waals surface area contributed by atoms with Gasteiger partial charge in [-0.15, -0.1) is 0 Å². The standard InChI is InChI=1S/C21H22ClF3N5O3/c1-28-18-17(16(8-9-27-18)29-10-4-6-14(26)11-29)30(20(28)32,33-19(31)21(23,24)25)12-13-5-2-3-7-15(13)22/h2-3,5,7-9,14H,4,6,10-12,26H2,1H3/q+1/t14?,30-/m1/s1. The second-order valence-electron chi connectivity index (χ2n) is 8.06. The van der Waals surface area contributed by atoms with Crippen LogP contribution in [0.1, 0.15) is 18.4 Å². The molecular formula is C21H22ClF3N5O3+. The van der Waals surface area contributed by atoms with Crippen molar-refractivity contribution in [2.24, 2.45) is 5.73 Å². The van der Waals surface area contributed by atoms with Crippen LogP contribution in [0.4, 0.5) is 35.2 Å². The van der Waals surface area contributed by atoms with E-state index in [-0.39, 0.29) is 22.6 Å². The van der Waals surface area contributed by atoms with Crippen molar-refractivity contribution in [2.45, 2.75) is 31.6 Å². The molecule has 33 heavy (non-hydrogen) atoms. The summed E-state index contributed by atoms with van der Waals surface area (Å²) < 4.78 is 38.6. The van der Waals surface area contributed by atoms with E-state index in [1.807, 2.05) is 4.90 Å². The molecule has 2 aliphatic rings. The Morgan fingerprint density at radius 2 is 2.06 bits per heavy atom. The van der Waals surface area contributed by atoms with Crippen molar-refractivity contribution in [1.29, 1.82) is 0 Å². The molecule has 0 aliphatic carbocycles. The number of carbonyl (C=O) groups is 2. The lowest BCUT2D eigenvalue weighted by Crippen LogP contribution is -2.57. The first-order valence-electron chi connectivity index (χ1n) is 10.2. The number of alkyl halides is 3. The fraction of sp³-hybridized carbons (Fsp3) is 0.381. The van der Waals surface area contributed by atoms with Gasteiger partial charge < -0.3 is 10.6 Å². The van der Waals surface area contributed by atoms with Crippen LogP contribution < -0.4 is 20.2 Å². The fourth-order valence-corrected chi connectivity index (χ4v) is 4.46. The lowest BCUT2D eigenvalue weighted by atomic mass is 10.1. The summed E-state index contributed by atoms with van der Waals surface area (Å²) in [4.78, 5) is 37.8. The zero-order valence-corrected chi connectivity index (χ0v) is 18.4. The zero-order valence-electron chi connectivity index (χ0n) is 17.7. The monoisotopic (exact) mass is 484 g/mol. The molecule has 2 atom stereocenters. The number of fused-ring (bicyclic) bond motifs is 1. The first-order chi connectivity index (χ1) is 15.5. The third-order valence-corrected chi connectivity index (χ3v) is 6.15. The summed E-state index contributed by atoms with van der Waals surface area (Å²) >= 11 is 6.27. The second-order valence-corrected chi connectivity index (χ2v) is 8.47. The average Bonchev–Trinajstić information content (AvgIpc) is 2.97. The van der Waals surface area contributed by atoms with Gasteiger partial charge in [-0.2, -0.15) is 13.2 Å². The molecule has 1 unspecified atom stereocenters. The minimum Gasteiger partial charge on any atom is -0.365 e. The van der Waals surface area contributed by atoms with E-state index in [0.29, 0.717) is 24.3 Å². The Kier molecular flexibility index (Phi) is 5.97. The minimum absolute atomic E-state index is 0.0385. The van der Waals surface area contributed by atoms with E-state index < -0.39 is 29.4 Å². The predicted octanol–water partition coefficient (Wildman–Crippen LogP) is 3.76. The van der Waals surface area contributed by atoms with Gasteiger partial charge in [0.15, 0.2) is 6.54 Å². The van der Waals surface area contributed by atoms with Gasteiger partial charge in [0.05, 0.1) is 0 Å². The van der Waals surface area contributed by atoms with Gasteiger partial charge >= 0.3 is 18.2 Å². The van der Waals surface area contributed by atoms with Gasteiger partial charge in [0.1, 0.15) is 5.69 Å². The number of nitrogens with two attached hydrogens (primary N) is 1. The Balaban J connectivity index is 1.92. The number of piperidine rings is 1. The number of hydrogen-bond donors (Lipinski definition) is 1. The lowest BCUT2D eigenvalue weighted by molar-refractivity contribution is -0.225. The number of pyridine rings is 1. The first kappa shape index (κ1) is 23.3. The maximum Gasteiger partial charge on any atom is 0.497 e. The molecule has 0 spiro atoms. The molecule has 4 rings (SSSR count). The van der Waals surface area contributed by atoms with Crippen molar-refractivity contribution < 1.29 is 27.6 Å². The number of carbonyl (C=O) groups excluding carboxylic acids is 2. The number of quaternary nitrogens is 1. The summed E-state index contributed by atoms with van der Waals surface area (Å²) in [6.07, 6.45) is -2.30. The number of rotatable bonds is 4. The molecule has 2 aromatic rings. The molecule has 3 heterocycles. The normalized spacial score (nSPS) is 23.0. The summed E-state index contributed by atoms with van der Waals surface area (Å²) in [6.45, 7) is 0.547. The summed E-state index contributed by atoms with van der Waals surface area (Å²) in [5, 5.41) is 0.215. The van der Waals surface area contributed by atoms with Crippen molar-refractivity contribution in [1.82, 2.24) is 9.63 Å². The fourth-order valence-electron chi connectivity index (χ4n) is 4.26. The van der Waals surface area contributed by atoms with Crippen LogP contribution in [0.25, 0.3) is 0 Å². The summed E-state index contributed by atoms with van der Waals surface area (Å²) in [5.74, 6) is -2.40. The number of benzene rings is 1. The molecule has 2 aliphatic heterocycles. The van der Waals surface area contributed by atoms with Crippen molar-refractivity contribution >= 4 is 40.8 Å². The molecule has 2 N–H and O–H groups in total. The molecule has 0 radical (unpaired) electrons. The van der Waals surface area contributed by atoms with E-state index in [2.05, 4.69) is 4.98 Å². The molecule has 1 saturated heterocycles. The highest BCUT2D eigenvalue weighted by Gasteiger charge is 2.61. The second kappa shape index (κ2) is 8.47. The van der Waals surface area contributed by atoms with Gasteiger partial charge in [-0.25, -0.2) is 19.5 Å². The molecule has 1 fully saturated rings. The zero-order chi connectivity index (χ0) is 24.0. The van der Waals surface area contributed by atoms with Crippen LogP contribution in [-0.2, 0) is 16.2 Å². The van der Waals surface area contributed by atoms with Crippen LogP contribution >= 0.6 is 11.6 Å². The Labute approximate surface area is 192 Å². The molecular weight excluding hydrogens is 463 g/mol. The van der Waals surface area contributed by atoms with Gasteiger partial charge in [0.2, 0.25) is 5.82 Å². The van der Waals surface area contributed by atoms with Crippen molar-refractivity contribution in [3.8, 4) is 0 Å². The number of anilines is 2. The highest BCUT2D eigenvalue weighted by molar-refractivity contribution is 6.31. The van der Waals surface area contributed by atoms with Crippen LogP contribution in [-0.4, -0.2) is 49.3 Å². The molecule has 0 bridgehead atoms. The van der Waals surface area contributed by atoms with E-state index in [1.165, 1.54) is 19.3 Å². The van der Waals surface area contributed by atoms with Crippen LogP contribution in [0.3, 0.4) is 0 Å². The lowest BCUT2D eigenvalue weighted by Gasteiger charge is -2.35. The number of halogens is 4. The Hall–Kier alpha value is -2.89. The quantitative estimate of drug-likeness (QED) is 0.665. The summed E-state index contributed by atoms with van der Waals surface area (Å²) in [6, 6.07) is 6.91. The maximum atomic E-state index is 13.5. The van der Waals surface area contributed by atoms with E-state index in [0.717, 1.165) is 17.7 Å². The highest BCUT2D eigenvalue weighted by Crippen LogP contribution is 2.49. The van der Waals surface area contributed by atoms with Crippen molar-refractivity contribution in [3.63, 3.8) is 0 Å². The van der Waals surface area contributed by atoms with E-state index >= 15 is 0 Å². The molecule has 1 aromatic carbocycles. The average molecular weight is 485 g/mol. The number of amides is 2. The van der Waals surface area contributed by atoms with Gasteiger partial charge in [0.25, 0.3) is 5.69 Å².